The van der Waals surface area contributed by atoms with E-state index in [-0.39, 0.29) is 18.4 Å². The van der Waals surface area contributed by atoms with Crippen LogP contribution in [0.15, 0.2) is 48.5 Å². The number of hydrogen-bond acceptors (Lipinski definition) is 4. The van der Waals surface area contributed by atoms with Crippen LogP contribution in [0.2, 0.25) is 0 Å². The summed E-state index contributed by atoms with van der Waals surface area (Å²) in [5, 5.41) is 14.2. The van der Waals surface area contributed by atoms with Gasteiger partial charge in [-0.3, -0.25) is 9.59 Å². The van der Waals surface area contributed by atoms with Crippen molar-refractivity contribution in [3.63, 3.8) is 0 Å². The van der Waals surface area contributed by atoms with Crippen molar-refractivity contribution < 1.29 is 24.2 Å². The Labute approximate surface area is 180 Å². The molecule has 2 aliphatic rings. The van der Waals surface area contributed by atoms with E-state index >= 15 is 0 Å². The first kappa shape index (κ1) is 20.9. The second-order valence-electron chi connectivity index (χ2n) is 8.46. The maximum Gasteiger partial charge on any atom is 0.408 e. The summed E-state index contributed by atoms with van der Waals surface area (Å²) in [6.45, 7) is 3.16. The quantitative estimate of drug-likeness (QED) is 0.635. The minimum Gasteiger partial charge on any atom is -0.480 e. The first-order chi connectivity index (χ1) is 14.8. The number of carbonyl (C=O) groups is 3. The van der Waals surface area contributed by atoms with Crippen molar-refractivity contribution in [2.75, 3.05) is 6.61 Å². The summed E-state index contributed by atoms with van der Waals surface area (Å²) in [5.41, 5.74) is 3.27. The van der Waals surface area contributed by atoms with Crippen LogP contribution in [0.3, 0.4) is 0 Å². The van der Waals surface area contributed by atoms with Crippen molar-refractivity contribution >= 4 is 18.0 Å². The van der Waals surface area contributed by atoms with E-state index < -0.39 is 29.6 Å². The number of benzene rings is 2. The Hall–Kier alpha value is -3.35. The van der Waals surface area contributed by atoms with Gasteiger partial charge in [-0.05, 0) is 54.9 Å². The van der Waals surface area contributed by atoms with Crippen LogP contribution in [0.1, 0.15) is 43.7 Å². The van der Waals surface area contributed by atoms with Gasteiger partial charge in [-0.1, -0.05) is 48.5 Å². The van der Waals surface area contributed by atoms with Crippen LogP contribution in [-0.2, 0) is 14.3 Å². The Morgan fingerprint density at radius 2 is 1.61 bits per heavy atom. The number of ether oxygens (including phenoxy) is 1. The van der Waals surface area contributed by atoms with Crippen molar-refractivity contribution in [2.24, 2.45) is 5.92 Å². The SMILES string of the molecule is C[C@@H](NC(=O)C(C)(NC(=O)OCC1c2ccccc2-c2ccccc21)C1CC1)C(=O)O. The number of aliphatic carboxylic acids is 1. The fourth-order valence-electron chi connectivity index (χ4n) is 4.26. The molecule has 0 saturated heterocycles. The van der Waals surface area contributed by atoms with E-state index in [1.807, 2.05) is 36.4 Å². The van der Waals surface area contributed by atoms with Crippen molar-refractivity contribution in [3.8, 4) is 11.1 Å². The summed E-state index contributed by atoms with van der Waals surface area (Å²) >= 11 is 0. The van der Waals surface area contributed by atoms with Gasteiger partial charge in [0.25, 0.3) is 0 Å². The fourth-order valence-corrected chi connectivity index (χ4v) is 4.26. The molecule has 2 aromatic carbocycles. The molecule has 2 aliphatic carbocycles. The van der Waals surface area contributed by atoms with E-state index in [9.17, 15) is 14.4 Å². The third-order valence-corrected chi connectivity index (χ3v) is 6.29. The highest BCUT2D eigenvalue weighted by atomic mass is 16.5. The molecule has 2 aromatic rings. The summed E-state index contributed by atoms with van der Waals surface area (Å²) in [7, 11) is 0. The van der Waals surface area contributed by atoms with Crippen LogP contribution in [0.5, 0.6) is 0 Å². The van der Waals surface area contributed by atoms with Crippen molar-refractivity contribution in [1.29, 1.82) is 0 Å². The molecule has 7 nitrogen and oxygen atoms in total. The summed E-state index contributed by atoms with van der Waals surface area (Å²) in [6.07, 6.45) is 0.888. The van der Waals surface area contributed by atoms with Gasteiger partial charge >= 0.3 is 12.1 Å². The molecule has 1 saturated carbocycles. The van der Waals surface area contributed by atoms with E-state index in [4.69, 9.17) is 9.84 Å². The van der Waals surface area contributed by atoms with Crippen LogP contribution in [0, 0.1) is 5.92 Å². The second-order valence-corrected chi connectivity index (χ2v) is 8.46. The minimum atomic E-state index is -1.22. The van der Waals surface area contributed by atoms with Gasteiger partial charge in [0, 0.05) is 5.92 Å². The lowest BCUT2D eigenvalue weighted by atomic mass is 9.94. The van der Waals surface area contributed by atoms with Gasteiger partial charge < -0.3 is 20.5 Å². The topological polar surface area (TPSA) is 105 Å². The molecule has 1 unspecified atom stereocenters. The summed E-state index contributed by atoms with van der Waals surface area (Å²) in [4.78, 5) is 36.5. The molecule has 2 atom stereocenters. The highest BCUT2D eigenvalue weighted by Crippen LogP contribution is 2.44. The molecule has 0 aromatic heterocycles. The molecule has 0 bridgehead atoms. The Kier molecular flexibility index (Phi) is 5.43. The van der Waals surface area contributed by atoms with E-state index in [2.05, 4.69) is 22.8 Å². The third kappa shape index (κ3) is 4.00. The first-order valence-electron chi connectivity index (χ1n) is 10.5. The largest absolute Gasteiger partial charge is 0.480 e. The van der Waals surface area contributed by atoms with Crippen LogP contribution >= 0.6 is 0 Å². The van der Waals surface area contributed by atoms with E-state index in [1.165, 1.54) is 6.92 Å². The Morgan fingerprint density at radius 1 is 1.06 bits per heavy atom. The normalized spacial score (nSPS) is 17.6. The van der Waals surface area contributed by atoms with Crippen LogP contribution < -0.4 is 10.6 Å². The van der Waals surface area contributed by atoms with E-state index in [0.717, 1.165) is 35.1 Å². The molecule has 0 spiro atoms. The Balaban J connectivity index is 1.45. The number of nitrogens with one attached hydrogen (secondary N) is 2. The second kappa shape index (κ2) is 8.06. The minimum absolute atomic E-state index is 0.0472. The maximum absolute atomic E-state index is 12.7. The predicted octanol–water partition coefficient (Wildman–Crippen LogP) is 3.28. The predicted molar refractivity (Wildman–Crippen MR) is 115 cm³/mol. The Morgan fingerprint density at radius 3 is 2.13 bits per heavy atom. The molecule has 4 rings (SSSR count). The molecular formula is C24H26N2O5. The number of carboxylic acids is 1. The first-order valence-corrected chi connectivity index (χ1v) is 10.5. The van der Waals surface area contributed by atoms with Gasteiger partial charge in [0.1, 0.15) is 18.2 Å². The zero-order chi connectivity index (χ0) is 22.2. The number of hydrogen-bond donors (Lipinski definition) is 3. The highest BCUT2D eigenvalue weighted by molar-refractivity contribution is 5.93. The molecule has 1 fully saturated rings. The number of carboxylic acid groups (broad SMARTS) is 1. The molecule has 7 heteroatoms. The van der Waals surface area contributed by atoms with Crippen molar-refractivity contribution in [3.05, 3.63) is 59.7 Å². The van der Waals surface area contributed by atoms with E-state index in [0.29, 0.717) is 0 Å². The van der Waals surface area contributed by atoms with E-state index in [1.54, 1.807) is 6.92 Å². The highest BCUT2D eigenvalue weighted by Gasteiger charge is 2.49. The number of fused-ring (bicyclic) bond motifs is 3. The zero-order valence-corrected chi connectivity index (χ0v) is 17.6. The van der Waals surface area contributed by atoms with Crippen LogP contribution in [0.25, 0.3) is 11.1 Å². The molecule has 0 aliphatic heterocycles. The summed E-state index contributed by atoms with van der Waals surface area (Å²) in [6, 6.07) is 15.1. The molecule has 0 heterocycles. The maximum atomic E-state index is 12.7. The van der Waals surface area contributed by atoms with Crippen LogP contribution in [0.4, 0.5) is 4.79 Å². The molecule has 2 amide bonds. The van der Waals surface area contributed by atoms with Gasteiger partial charge in [0.2, 0.25) is 5.91 Å². The molecule has 3 N–H and O–H groups in total. The fraction of sp³-hybridized carbons (Fsp3) is 0.375. The molecule has 0 radical (unpaired) electrons. The van der Waals surface area contributed by atoms with Crippen molar-refractivity contribution in [2.45, 2.75) is 44.2 Å². The van der Waals surface area contributed by atoms with Gasteiger partial charge in [0.15, 0.2) is 0 Å². The average molecular weight is 422 g/mol. The van der Waals surface area contributed by atoms with Crippen molar-refractivity contribution in [1.82, 2.24) is 10.6 Å². The smallest absolute Gasteiger partial charge is 0.408 e. The third-order valence-electron chi connectivity index (χ3n) is 6.29. The standard InChI is InChI=1S/C24H26N2O5/c1-14(21(27)28)25-22(29)24(2,15-11-12-15)26-23(30)31-13-20-18-9-5-3-7-16(18)17-8-4-6-10-19(17)20/h3-10,14-15,20H,11-13H2,1-2H3,(H,25,29)(H,26,30)(H,27,28)/t14-,24?/m1/s1. The van der Waals surface area contributed by atoms with Gasteiger partial charge in [0.05, 0.1) is 0 Å². The number of carbonyl (C=O) groups excluding carboxylic acids is 2. The Bertz CT molecular complexity index is 987. The number of alkyl carbamates (subject to hydrolysis) is 1. The lowest BCUT2D eigenvalue weighted by molar-refractivity contribution is -0.142. The lowest BCUT2D eigenvalue weighted by Gasteiger charge is -2.30. The average Bonchev–Trinajstić information content (AvgIpc) is 3.56. The van der Waals surface area contributed by atoms with Gasteiger partial charge in [-0.25, -0.2) is 4.79 Å². The van der Waals surface area contributed by atoms with Gasteiger partial charge in [-0.2, -0.15) is 0 Å². The van der Waals surface area contributed by atoms with Gasteiger partial charge in [-0.15, -0.1) is 0 Å². The molecule has 162 valence electrons. The summed E-state index contributed by atoms with van der Waals surface area (Å²) < 4.78 is 5.57. The molecule has 31 heavy (non-hydrogen) atoms. The number of rotatable bonds is 7. The lowest BCUT2D eigenvalue weighted by Crippen LogP contribution is -2.60. The molecular weight excluding hydrogens is 396 g/mol. The zero-order valence-electron chi connectivity index (χ0n) is 17.6. The van der Waals surface area contributed by atoms with Crippen LogP contribution in [-0.4, -0.2) is 41.3 Å². The summed E-state index contributed by atoms with van der Waals surface area (Å²) in [5.74, 6) is -1.77. The number of amides is 2. The monoisotopic (exact) mass is 422 g/mol.